The van der Waals surface area contributed by atoms with Crippen molar-refractivity contribution in [2.75, 3.05) is 13.7 Å². The van der Waals surface area contributed by atoms with E-state index in [2.05, 4.69) is 106 Å². The van der Waals surface area contributed by atoms with E-state index in [1.165, 1.54) is 15.9 Å². The van der Waals surface area contributed by atoms with Gasteiger partial charge in [0.2, 0.25) is 0 Å². The second kappa shape index (κ2) is 14.9. The van der Waals surface area contributed by atoms with Crippen LogP contribution in [-0.4, -0.2) is 28.0 Å². The Balaban J connectivity index is 1.45. The van der Waals surface area contributed by atoms with Crippen molar-refractivity contribution < 1.29 is 18.7 Å². The van der Waals surface area contributed by atoms with Crippen LogP contribution in [0.5, 0.6) is 5.75 Å². The number of esters is 1. The van der Waals surface area contributed by atoms with Gasteiger partial charge in [0.15, 0.2) is 0 Å². The molecule has 0 fully saturated rings. The van der Waals surface area contributed by atoms with Crippen molar-refractivity contribution in [1.29, 1.82) is 0 Å². The predicted molar refractivity (Wildman–Crippen MR) is 186 cm³/mol. The highest BCUT2D eigenvalue weighted by Crippen LogP contribution is 2.42. The third-order valence-corrected chi connectivity index (χ3v) is 14.2. The van der Waals surface area contributed by atoms with Crippen LogP contribution in [-0.2, 0) is 20.6 Å². The zero-order valence-corrected chi connectivity index (χ0v) is 28.0. The van der Waals surface area contributed by atoms with E-state index >= 15 is 0 Å². The quantitative estimate of drug-likeness (QED) is 0.0915. The molecule has 0 aromatic heterocycles. The molecule has 0 saturated heterocycles. The second-order valence-corrected chi connectivity index (χ2v) is 17.3. The minimum Gasteiger partial charge on any atom is -0.497 e. The maximum atomic E-state index is 13.7. The maximum Gasteiger partial charge on any atom is 0.309 e. The summed E-state index contributed by atoms with van der Waals surface area (Å²) in [6.07, 6.45) is 6.89. The van der Waals surface area contributed by atoms with Crippen LogP contribution in [0.25, 0.3) is 0 Å². The molecule has 0 N–H and O–H groups in total. The van der Waals surface area contributed by atoms with Gasteiger partial charge < -0.3 is 13.9 Å². The van der Waals surface area contributed by atoms with Gasteiger partial charge in [-0.1, -0.05) is 136 Å². The summed E-state index contributed by atoms with van der Waals surface area (Å²) in [5, 5.41) is 2.43. The molecule has 45 heavy (non-hydrogen) atoms. The van der Waals surface area contributed by atoms with Gasteiger partial charge in [-0.25, -0.2) is 0 Å². The van der Waals surface area contributed by atoms with Gasteiger partial charge in [-0.3, -0.25) is 4.79 Å². The fourth-order valence-electron chi connectivity index (χ4n) is 6.91. The molecule has 5 heteroatoms. The Labute approximate surface area is 270 Å². The van der Waals surface area contributed by atoms with Crippen LogP contribution in [0.15, 0.2) is 127 Å². The van der Waals surface area contributed by atoms with Gasteiger partial charge in [0.25, 0.3) is 8.32 Å². The molecule has 0 spiro atoms. The topological polar surface area (TPSA) is 44.8 Å². The van der Waals surface area contributed by atoms with E-state index in [4.69, 9.17) is 13.9 Å². The number of carbonyl (C=O) groups excluding carboxylic acids is 1. The first-order valence-corrected chi connectivity index (χ1v) is 18.0. The van der Waals surface area contributed by atoms with Gasteiger partial charge in [0.05, 0.1) is 13.0 Å². The SMILES string of the molecule is COc1ccc(C(CCO[Si](c2ccccc2)(c2ccccc2)C(C)(C)C)C2C=CCCC2C(=O)OCc2ccccc2)cc1. The lowest BCUT2D eigenvalue weighted by molar-refractivity contribution is -0.152. The van der Waals surface area contributed by atoms with E-state index in [1.807, 2.05) is 42.5 Å². The Morgan fingerprint density at radius 2 is 1.40 bits per heavy atom. The summed E-state index contributed by atoms with van der Waals surface area (Å²) < 4.78 is 18.7. The van der Waals surface area contributed by atoms with Crippen molar-refractivity contribution >= 4 is 24.7 Å². The van der Waals surface area contributed by atoms with Crippen LogP contribution in [0, 0.1) is 11.8 Å². The molecule has 4 aromatic carbocycles. The van der Waals surface area contributed by atoms with Crippen LogP contribution >= 0.6 is 0 Å². The normalized spacial score (nSPS) is 17.4. The summed E-state index contributed by atoms with van der Waals surface area (Å²) in [5.41, 5.74) is 2.18. The molecule has 0 radical (unpaired) electrons. The number of allylic oxidation sites excluding steroid dienone is 2. The van der Waals surface area contributed by atoms with Crippen LogP contribution in [0.3, 0.4) is 0 Å². The summed E-state index contributed by atoms with van der Waals surface area (Å²) in [6, 6.07) is 39.8. The molecule has 0 amide bonds. The number of benzene rings is 4. The molecule has 4 nitrogen and oxygen atoms in total. The van der Waals surface area contributed by atoms with Crippen molar-refractivity contribution in [2.45, 2.75) is 57.6 Å². The Bertz CT molecular complexity index is 1470. The summed E-state index contributed by atoms with van der Waals surface area (Å²) in [7, 11) is -1.01. The molecule has 4 aromatic rings. The molecular formula is C40H46O4Si. The fourth-order valence-corrected chi connectivity index (χ4v) is 11.5. The largest absolute Gasteiger partial charge is 0.497 e. The molecule has 3 atom stereocenters. The number of hydrogen-bond donors (Lipinski definition) is 0. The van der Waals surface area contributed by atoms with Crippen molar-refractivity contribution in [3.8, 4) is 5.75 Å². The number of rotatable bonds is 12. The van der Waals surface area contributed by atoms with E-state index in [-0.39, 0.29) is 35.4 Å². The monoisotopic (exact) mass is 618 g/mol. The van der Waals surface area contributed by atoms with Crippen molar-refractivity contribution in [3.63, 3.8) is 0 Å². The summed E-state index contributed by atoms with van der Waals surface area (Å²) >= 11 is 0. The molecule has 1 aliphatic rings. The van der Waals surface area contributed by atoms with Gasteiger partial charge in [0, 0.05) is 6.61 Å². The summed E-state index contributed by atoms with van der Waals surface area (Å²) in [4.78, 5) is 13.7. The minimum absolute atomic E-state index is 0.00169. The fraction of sp³-hybridized carbons (Fsp3) is 0.325. The number of methoxy groups -OCH3 is 1. The van der Waals surface area contributed by atoms with Crippen molar-refractivity contribution in [3.05, 3.63) is 139 Å². The lowest BCUT2D eigenvalue weighted by Gasteiger charge is -2.43. The molecule has 234 valence electrons. The lowest BCUT2D eigenvalue weighted by atomic mass is 9.72. The second-order valence-electron chi connectivity index (χ2n) is 13.0. The van der Waals surface area contributed by atoms with Gasteiger partial charge in [0.1, 0.15) is 12.4 Å². The van der Waals surface area contributed by atoms with Gasteiger partial charge >= 0.3 is 5.97 Å². The molecule has 0 saturated carbocycles. The number of hydrogen-bond acceptors (Lipinski definition) is 4. The zero-order valence-electron chi connectivity index (χ0n) is 27.0. The van der Waals surface area contributed by atoms with E-state index in [0.29, 0.717) is 6.61 Å². The first kappa shape index (κ1) is 32.5. The van der Waals surface area contributed by atoms with Crippen LogP contribution in [0.1, 0.15) is 57.1 Å². The van der Waals surface area contributed by atoms with E-state index in [0.717, 1.165) is 30.6 Å². The zero-order chi connectivity index (χ0) is 31.7. The Kier molecular flexibility index (Phi) is 10.7. The molecule has 1 aliphatic carbocycles. The molecule has 0 bridgehead atoms. The first-order chi connectivity index (χ1) is 21.8. The summed E-state index contributed by atoms with van der Waals surface area (Å²) in [5.74, 6) is 0.537. The smallest absolute Gasteiger partial charge is 0.309 e. The average molecular weight is 619 g/mol. The maximum absolute atomic E-state index is 13.7. The highest BCUT2D eigenvalue weighted by atomic mass is 28.4. The van der Waals surface area contributed by atoms with Crippen LogP contribution in [0.2, 0.25) is 5.04 Å². The Morgan fingerprint density at radius 3 is 1.96 bits per heavy atom. The standard InChI is InChI=1S/C40H46O4Si/c1-40(2,3)45(34-18-10-6-11-19-34,35-20-12-7-13-21-35)44-29-28-36(32-24-26-33(42-4)27-25-32)37-22-14-15-23-38(37)39(41)43-30-31-16-8-5-9-17-31/h5-14,16-22,24-27,36-38H,15,23,28-30H2,1-4H3. The molecule has 5 rings (SSSR count). The third-order valence-electron chi connectivity index (χ3n) is 9.17. The van der Waals surface area contributed by atoms with E-state index < -0.39 is 8.32 Å². The predicted octanol–water partition coefficient (Wildman–Crippen LogP) is 8.07. The molecule has 0 heterocycles. The number of carbonyl (C=O) groups is 1. The van der Waals surface area contributed by atoms with Crippen molar-refractivity contribution in [1.82, 2.24) is 0 Å². The van der Waals surface area contributed by atoms with Gasteiger partial charge in [-0.15, -0.1) is 0 Å². The van der Waals surface area contributed by atoms with Crippen LogP contribution < -0.4 is 15.1 Å². The molecule has 0 aliphatic heterocycles. The average Bonchev–Trinajstić information content (AvgIpc) is 3.08. The van der Waals surface area contributed by atoms with Crippen molar-refractivity contribution in [2.24, 2.45) is 11.8 Å². The highest BCUT2D eigenvalue weighted by molar-refractivity contribution is 6.99. The minimum atomic E-state index is -2.70. The van der Waals surface area contributed by atoms with Gasteiger partial charge in [-0.2, -0.15) is 0 Å². The summed E-state index contributed by atoms with van der Waals surface area (Å²) in [6.45, 7) is 7.78. The van der Waals surface area contributed by atoms with Crippen LogP contribution in [0.4, 0.5) is 0 Å². The van der Waals surface area contributed by atoms with E-state index in [1.54, 1.807) is 7.11 Å². The van der Waals surface area contributed by atoms with Gasteiger partial charge in [-0.05, 0) is 69.8 Å². The highest BCUT2D eigenvalue weighted by Gasteiger charge is 2.50. The van der Waals surface area contributed by atoms with E-state index in [9.17, 15) is 4.79 Å². The Hall–Kier alpha value is -3.93. The molecular weight excluding hydrogens is 573 g/mol. The Morgan fingerprint density at radius 1 is 0.822 bits per heavy atom. The number of ether oxygens (including phenoxy) is 2. The first-order valence-electron chi connectivity index (χ1n) is 16.1. The lowest BCUT2D eigenvalue weighted by Crippen LogP contribution is -2.66. The molecule has 3 unspecified atom stereocenters. The third kappa shape index (κ3) is 7.49.